The number of ether oxygens (including phenoxy) is 1. The molecule has 1 aromatic carbocycles. The molecule has 0 aliphatic heterocycles. The molecule has 0 aliphatic carbocycles. The van der Waals surface area contributed by atoms with Crippen LogP contribution in [0.25, 0.3) is 0 Å². The van der Waals surface area contributed by atoms with Crippen LogP contribution < -0.4 is 10.1 Å². The third kappa shape index (κ3) is 6.05. The second-order valence-electron chi connectivity index (χ2n) is 4.12. The van der Waals surface area contributed by atoms with Crippen LogP contribution in [0.2, 0.25) is 0 Å². The molecule has 1 aromatic rings. The van der Waals surface area contributed by atoms with Gasteiger partial charge in [0.1, 0.15) is 5.75 Å². The van der Waals surface area contributed by atoms with Gasteiger partial charge in [0, 0.05) is 11.8 Å². The first-order valence-electron chi connectivity index (χ1n) is 6.35. The zero-order valence-electron chi connectivity index (χ0n) is 10.7. The predicted molar refractivity (Wildman–Crippen MR) is 78.5 cm³/mol. The number of carbonyl (C=O) groups excluding carboxylic acids is 1. The number of hydrogen-bond acceptors (Lipinski definition) is 2. The molecule has 0 fully saturated rings. The monoisotopic (exact) mass is 313 g/mol. The summed E-state index contributed by atoms with van der Waals surface area (Å²) in [4.78, 5) is 11.2. The Morgan fingerprint density at radius 3 is 2.89 bits per heavy atom. The van der Waals surface area contributed by atoms with Crippen LogP contribution in [0.5, 0.6) is 5.75 Å². The molecule has 0 saturated carbocycles. The molecule has 1 amide bonds. The molecule has 0 aromatic heterocycles. The first-order chi connectivity index (χ1) is 8.76. The lowest BCUT2D eigenvalue weighted by molar-refractivity contribution is -0.113. The van der Waals surface area contributed by atoms with Gasteiger partial charge in [0.15, 0.2) is 0 Å². The number of unbranched alkanes of at least 4 members (excludes halogenated alkanes) is 3. The number of alkyl halides is 1. The molecule has 0 aliphatic rings. The number of nitrogens with one attached hydrogen (secondary N) is 1. The fraction of sp³-hybridized carbons (Fsp3) is 0.500. The summed E-state index contributed by atoms with van der Waals surface area (Å²) >= 11 is 3.11. The zero-order valence-corrected chi connectivity index (χ0v) is 12.3. The summed E-state index contributed by atoms with van der Waals surface area (Å²) in [5.41, 5.74) is 0.769. The van der Waals surface area contributed by atoms with Crippen molar-refractivity contribution < 1.29 is 9.53 Å². The maximum absolute atomic E-state index is 11.2. The van der Waals surface area contributed by atoms with Gasteiger partial charge in [-0.2, -0.15) is 0 Å². The van der Waals surface area contributed by atoms with E-state index in [2.05, 4.69) is 28.2 Å². The SMILES string of the molecule is CCCCCCOc1cccc(NC(=O)CBr)c1. The van der Waals surface area contributed by atoms with Crippen molar-refractivity contribution in [3.63, 3.8) is 0 Å². The van der Waals surface area contributed by atoms with Crippen LogP contribution >= 0.6 is 15.9 Å². The minimum atomic E-state index is -0.0601. The Balaban J connectivity index is 2.37. The Kier molecular flexibility index (Phi) is 7.49. The van der Waals surface area contributed by atoms with E-state index >= 15 is 0 Å². The minimum Gasteiger partial charge on any atom is -0.494 e. The van der Waals surface area contributed by atoms with Crippen molar-refractivity contribution >= 4 is 27.5 Å². The lowest BCUT2D eigenvalue weighted by Crippen LogP contribution is -2.12. The molecule has 0 radical (unpaired) electrons. The van der Waals surface area contributed by atoms with E-state index in [1.807, 2.05) is 24.3 Å². The second-order valence-corrected chi connectivity index (χ2v) is 4.68. The van der Waals surface area contributed by atoms with E-state index in [9.17, 15) is 4.79 Å². The third-order valence-corrected chi connectivity index (χ3v) is 3.02. The van der Waals surface area contributed by atoms with Gasteiger partial charge in [-0.1, -0.05) is 48.2 Å². The van der Waals surface area contributed by atoms with Crippen molar-refractivity contribution in [2.24, 2.45) is 0 Å². The summed E-state index contributed by atoms with van der Waals surface area (Å²) in [6, 6.07) is 7.49. The lowest BCUT2D eigenvalue weighted by atomic mass is 10.2. The molecule has 0 saturated heterocycles. The van der Waals surface area contributed by atoms with Crippen LogP contribution in [0.3, 0.4) is 0 Å². The molecular weight excluding hydrogens is 294 g/mol. The summed E-state index contributed by atoms with van der Waals surface area (Å²) < 4.78 is 5.65. The van der Waals surface area contributed by atoms with Crippen LogP contribution in [-0.4, -0.2) is 17.8 Å². The van der Waals surface area contributed by atoms with Crippen LogP contribution in [0.15, 0.2) is 24.3 Å². The smallest absolute Gasteiger partial charge is 0.235 e. The third-order valence-electron chi connectivity index (χ3n) is 2.51. The number of anilines is 1. The van der Waals surface area contributed by atoms with E-state index in [1.54, 1.807) is 0 Å². The summed E-state index contributed by atoms with van der Waals surface area (Å²) in [7, 11) is 0. The fourth-order valence-electron chi connectivity index (χ4n) is 1.58. The quantitative estimate of drug-likeness (QED) is 0.582. The molecule has 1 N–H and O–H groups in total. The van der Waals surface area contributed by atoms with E-state index in [-0.39, 0.29) is 5.91 Å². The average molecular weight is 314 g/mol. The van der Waals surface area contributed by atoms with E-state index in [1.165, 1.54) is 19.3 Å². The Bertz CT molecular complexity index is 369. The van der Waals surface area contributed by atoms with Crippen molar-refractivity contribution in [1.82, 2.24) is 0 Å². The van der Waals surface area contributed by atoms with Crippen molar-refractivity contribution in [2.45, 2.75) is 32.6 Å². The van der Waals surface area contributed by atoms with E-state index in [0.717, 1.165) is 24.5 Å². The standard InChI is InChI=1S/C14H20BrNO2/c1-2-3-4-5-9-18-13-8-6-7-12(10-13)16-14(17)11-15/h6-8,10H,2-5,9,11H2,1H3,(H,16,17). The van der Waals surface area contributed by atoms with Gasteiger partial charge in [-0.3, -0.25) is 4.79 Å². The number of rotatable bonds is 8. The molecular formula is C14H20BrNO2. The van der Waals surface area contributed by atoms with Gasteiger partial charge in [0.05, 0.1) is 11.9 Å². The van der Waals surface area contributed by atoms with Crippen molar-refractivity contribution in [3.05, 3.63) is 24.3 Å². The fourth-order valence-corrected chi connectivity index (χ4v) is 1.72. The molecule has 18 heavy (non-hydrogen) atoms. The molecule has 0 heterocycles. The van der Waals surface area contributed by atoms with Crippen LogP contribution in [0.1, 0.15) is 32.6 Å². The number of carbonyl (C=O) groups is 1. The molecule has 1 rings (SSSR count). The molecule has 0 atom stereocenters. The first-order valence-corrected chi connectivity index (χ1v) is 7.47. The number of benzene rings is 1. The van der Waals surface area contributed by atoms with Gasteiger partial charge in [0.2, 0.25) is 5.91 Å². The van der Waals surface area contributed by atoms with Gasteiger partial charge in [-0.25, -0.2) is 0 Å². The van der Waals surface area contributed by atoms with Gasteiger partial charge in [-0.15, -0.1) is 0 Å². The molecule has 100 valence electrons. The van der Waals surface area contributed by atoms with Crippen LogP contribution in [0.4, 0.5) is 5.69 Å². The molecule has 0 unspecified atom stereocenters. The van der Waals surface area contributed by atoms with Gasteiger partial charge in [0.25, 0.3) is 0 Å². The number of amides is 1. The highest BCUT2D eigenvalue weighted by Crippen LogP contribution is 2.17. The summed E-state index contributed by atoms with van der Waals surface area (Å²) in [6.07, 6.45) is 4.76. The maximum Gasteiger partial charge on any atom is 0.235 e. The van der Waals surface area contributed by atoms with E-state index in [4.69, 9.17) is 4.74 Å². The Morgan fingerprint density at radius 1 is 1.33 bits per heavy atom. The zero-order chi connectivity index (χ0) is 13.2. The first kappa shape index (κ1) is 15.0. The number of halogens is 1. The van der Waals surface area contributed by atoms with Crippen molar-refractivity contribution in [2.75, 3.05) is 17.3 Å². The molecule has 3 nitrogen and oxygen atoms in total. The van der Waals surface area contributed by atoms with E-state index < -0.39 is 0 Å². The molecule has 4 heteroatoms. The van der Waals surface area contributed by atoms with Gasteiger partial charge < -0.3 is 10.1 Å². The average Bonchev–Trinajstić information content (AvgIpc) is 2.39. The topological polar surface area (TPSA) is 38.3 Å². The Morgan fingerprint density at radius 2 is 2.17 bits per heavy atom. The van der Waals surface area contributed by atoms with Crippen molar-refractivity contribution in [1.29, 1.82) is 0 Å². The second kappa shape index (κ2) is 8.97. The van der Waals surface area contributed by atoms with Crippen molar-refractivity contribution in [3.8, 4) is 5.75 Å². The lowest BCUT2D eigenvalue weighted by Gasteiger charge is -2.08. The summed E-state index contributed by atoms with van der Waals surface area (Å²) in [5, 5.41) is 3.08. The summed E-state index contributed by atoms with van der Waals surface area (Å²) in [5.74, 6) is 0.744. The highest BCUT2D eigenvalue weighted by atomic mass is 79.9. The minimum absolute atomic E-state index is 0.0601. The molecule has 0 spiro atoms. The largest absolute Gasteiger partial charge is 0.494 e. The predicted octanol–water partition coefficient (Wildman–Crippen LogP) is 3.98. The van der Waals surface area contributed by atoms with Crippen LogP contribution in [-0.2, 0) is 4.79 Å². The molecule has 0 bridgehead atoms. The maximum atomic E-state index is 11.2. The highest BCUT2D eigenvalue weighted by Gasteiger charge is 2.01. The van der Waals surface area contributed by atoms with Gasteiger partial charge >= 0.3 is 0 Å². The summed E-state index contributed by atoms with van der Waals surface area (Å²) in [6.45, 7) is 2.92. The van der Waals surface area contributed by atoms with E-state index in [0.29, 0.717) is 5.33 Å². The normalized spacial score (nSPS) is 10.1. The Labute approximate surface area is 117 Å². The highest BCUT2D eigenvalue weighted by molar-refractivity contribution is 9.09. The Hall–Kier alpha value is -1.03. The van der Waals surface area contributed by atoms with Crippen LogP contribution in [0, 0.1) is 0 Å². The number of hydrogen-bond donors (Lipinski definition) is 1. The van der Waals surface area contributed by atoms with Gasteiger partial charge in [-0.05, 0) is 18.6 Å².